The van der Waals surface area contributed by atoms with E-state index in [1.54, 1.807) is 34.6 Å². The molecular formula is C14H20O7. The Hall–Kier alpha value is -1.18. The van der Waals surface area contributed by atoms with Gasteiger partial charge in [0.1, 0.15) is 6.10 Å². The van der Waals surface area contributed by atoms with Gasteiger partial charge in [0.25, 0.3) is 0 Å². The van der Waals surface area contributed by atoms with Crippen molar-refractivity contribution in [2.45, 2.75) is 71.1 Å². The summed E-state index contributed by atoms with van der Waals surface area (Å²) in [5.41, 5.74) is -0.707. The Morgan fingerprint density at radius 1 is 1.14 bits per heavy atom. The molecule has 5 atom stereocenters. The molecule has 0 N–H and O–H groups in total. The smallest absolute Gasteiger partial charge is 0.350 e. The van der Waals surface area contributed by atoms with Crippen LogP contribution in [0.1, 0.15) is 34.6 Å². The summed E-state index contributed by atoms with van der Waals surface area (Å²) in [6.45, 7) is 8.67. The molecule has 3 rings (SSSR count). The Kier molecular flexibility index (Phi) is 3.10. The third-order valence-corrected chi connectivity index (χ3v) is 3.66. The van der Waals surface area contributed by atoms with Crippen molar-refractivity contribution in [3.8, 4) is 0 Å². The summed E-state index contributed by atoms with van der Waals surface area (Å²) in [5, 5.41) is 0. The van der Waals surface area contributed by atoms with Crippen LogP contribution in [0.3, 0.4) is 0 Å². The van der Waals surface area contributed by atoms with Crippen molar-refractivity contribution >= 4 is 11.9 Å². The van der Waals surface area contributed by atoms with Gasteiger partial charge >= 0.3 is 11.9 Å². The molecule has 0 radical (unpaired) electrons. The number of esters is 2. The third kappa shape index (κ3) is 2.43. The molecule has 3 fully saturated rings. The van der Waals surface area contributed by atoms with E-state index in [9.17, 15) is 9.59 Å². The maximum absolute atomic E-state index is 12.0. The monoisotopic (exact) mass is 300 g/mol. The molecule has 118 valence electrons. The number of hydrogen-bond donors (Lipinski definition) is 0. The van der Waals surface area contributed by atoms with Crippen molar-refractivity contribution in [2.24, 2.45) is 5.41 Å². The maximum Gasteiger partial charge on any atom is 0.350 e. The zero-order chi connectivity index (χ0) is 15.6. The number of hydrogen-bond acceptors (Lipinski definition) is 7. The highest BCUT2D eigenvalue weighted by Crippen LogP contribution is 2.43. The summed E-state index contributed by atoms with van der Waals surface area (Å²) in [5.74, 6) is -1.87. The summed E-state index contributed by atoms with van der Waals surface area (Å²) in [6.07, 6.45) is -3.47. The Morgan fingerprint density at radius 3 is 2.43 bits per heavy atom. The number of rotatable bonds is 1. The fraction of sp³-hybridized carbons (Fsp3) is 0.857. The maximum atomic E-state index is 12.0. The molecule has 0 spiro atoms. The summed E-state index contributed by atoms with van der Waals surface area (Å²) >= 11 is 0. The summed E-state index contributed by atoms with van der Waals surface area (Å²) in [4.78, 5) is 23.9. The first-order valence-corrected chi connectivity index (χ1v) is 7.01. The second-order valence-corrected chi connectivity index (χ2v) is 7.05. The molecular weight excluding hydrogens is 280 g/mol. The molecule has 0 aromatic rings. The standard InChI is InChI=1S/C14H20O7/c1-13(2,3)12(16)19-8-6-7(17-10(8)15)9-11(18-6)21-14(4,5)20-9/h6-9,11H,1-5H3/t6-,7-,8-,9+,11+/m1/s1. The first kappa shape index (κ1) is 14.7. The molecule has 0 saturated carbocycles. The molecule has 3 aliphatic heterocycles. The van der Waals surface area contributed by atoms with Gasteiger partial charge in [-0.1, -0.05) is 0 Å². The molecule has 0 amide bonds. The molecule has 3 heterocycles. The predicted octanol–water partition coefficient (Wildman–Crippen LogP) is 0.746. The van der Waals surface area contributed by atoms with Gasteiger partial charge in [0.15, 0.2) is 24.3 Å². The van der Waals surface area contributed by atoms with E-state index in [4.69, 9.17) is 23.7 Å². The Bertz CT molecular complexity index is 478. The number of fused-ring (bicyclic) bond motifs is 3. The number of carbonyl (C=O) groups is 2. The lowest BCUT2D eigenvalue weighted by molar-refractivity contribution is -0.217. The number of carbonyl (C=O) groups excluding carboxylic acids is 2. The minimum atomic E-state index is -1.07. The molecule has 0 bridgehead atoms. The zero-order valence-corrected chi connectivity index (χ0v) is 12.7. The highest BCUT2D eigenvalue weighted by Gasteiger charge is 2.64. The molecule has 21 heavy (non-hydrogen) atoms. The van der Waals surface area contributed by atoms with Gasteiger partial charge in [-0.3, -0.25) is 4.79 Å². The van der Waals surface area contributed by atoms with Crippen LogP contribution in [0.25, 0.3) is 0 Å². The third-order valence-electron chi connectivity index (χ3n) is 3.66. The van der Waals surface area contributed by atoms with Crippen LogP contribution < -0.4 is 0 Å². The van der Waals surface area contributed by atoms with Gasteiger partial charge in [-0.15, -0.1) is 0 Å². The van der Waals surface area contributed by atoms with Crippen LogP contribution in [0, 0.1) is 5.41 Å². The van der Waals surface area contributed by atoms with Gasteiger partial charge in [0.2, 0.25) is 6.10 Å². The SMILES string of the molecule is CC1(C)O[C@@H]2O[C@@H]3[C@@H](OC(=O)[C@@H]3OC(=O)C(C)(C)C)[C@@H]2O1. The second-order valence-electron chi connectivity index (χ2n) is 7.05. The lowest BCUT2D eigenvalue weighted by atomic mass is 9.97. The summed E-state index contributed by atoms with van der Waals surface area (Å²) < 4.78 is 27.5. The van der Waals surface area contributed by atoms with Crippen molar-refractivity contribution < 1.29 is 33.3 Å². The van der Waals surface area contributed by atoms with Crippen LogP contribution in [-0.4, -0.2) is 48.4 Å². The highest BCUT2D eigenvalue weighted by atomic mass is 16.8. The quantitative estimate of drug-likeness (QED) is 0.661. The van der Waals surface area contributed by atoms with Gasteiger partial charge < -0.3 is 23.7 Å². The van der Waals surface area contributed by atoms with Gasteiger partial charge in [-0.05, 0) is 34.6 Å². The molecule has 3 aliphatic rings. The van der Waals surface area contributed by atoms with E-state index in [1.807, 2.05) is 0 Å². The minimum absolute atomic E-state index is 0.479. The summed E-state index contributed by atoms with van der Waals surface area (Å²) in [6, 6.07) is 0. The predicted molar refractivity (Wildman–Crippen MR) is 67.9 cm³/mol. The Labute approximate surface area is 122 Å². The van der Waals surface area contributed by atoms with Crippen molar-refractivity contribution in [1.29, 1.82) is 0 Å². The van der Waals surface area contributed by atoms with Gasteiger partial charge in [0, 0.05) is 0 Å². The molecule has 0 aromatic carbocycles. The average Bonchev–Trinajstić information content (AvgIpc) is 2.87. The van der Waals surface area contributed by atoms with E-state index in [0.717, 1.165) is 0 Å². The van der Waals surface area contributed by atoms with E-state index in [-0.39, 0.29) is 0 Å². The van der Waals surface area contributed by atoms with Crippen LogP contribution in [0.2, 0.25) is 0 Å². The van der Waals surface area contributed by atoms with E-state index in [1.165, 1.54) is 0 Å². The minimum Gasteiger partial charge on any atom is -0.454 e. The molecule has 0 aromatic heterocycles. The van der Waals surface area contributed by atoms with Crippen LogP contribution in [-0.2, 0) is 33.3 Å². The molecule has 0 aliphatic carbocycles. The van der Waals surface area contributed by atoms with E-state index in [0.29, 0.717) is 0 Å². The first-order valence-electron chi connectivity index (χ1n) is 7.01. The fourth-order valence-corrected chi connectivity index (χ4v) is 2.62. The van der Waals surface area contributed by atoms with Crippen molar-refractivity contribution in [1.82, 2.24) is 0 Å². The van der Waals surface area contributed by atoms with Crippen molar-refractivity contribution in [3.63, 3.8) is 0 Å². The first-order chi connectivity index (χ1) is 9.58. The van der Waals surface area contributed by atoms with Crippen molar-refractivity contribution in [3.05, 3.63) is 0 Å². The zero-order valence-electron chi connectivity index (χ0n) is 12.7. The second kappa shape index (κ2) is 4.41. The van der Waals surface area contributed by atoms with Crippen LogP contribution in [0.15, 0.2) is 0 Å². The summed E-state index contributed by atoms with van der Waals surface area (Å²) in [7, 11) is 0. The number of ether oxygens (including phenoxy) is 5. The average molecular weight is 300 g/mol. The molecule has 3 saturated heterocycles. The lowest BCUT2D eigenvalue weighted by Crippen LogP contribution is -2.39. The lowest BCUT2D eigenvalue weighted by Gasteiger charge is -2.23. The molecule has 0 unspecified atom stereocenters. The topological polar surface area (TPSA) is 80.3 Å². The fourth-order valence-electron chi connectivity index (χ4n) is 2.62. The van der Waals surface area contributed by atoms with Crippen LogP contribution >= 0.6 is 0 Å². The Morgan fingerprint density at radius 2 is 1.81 bits per heavy atom. The largest absolute Gasteiger partial charge is 0.454 e. The van der Waals surface area contributed by atoms with Gasteiger partial charge in [-0.2, -0.15) is 0 Å². The molecule has 7 nitrogen and oxygen atoms in total. The normalized spacial score (nSPS) is 40.6. The van der Waals surface area contributed by atoms with E-state index >= 15 is 0 Å². The van der Waals surface area contributed by atoms with Crippen LogP contribution in [0.4, 0.5) is 0 Å². The van der Waals surface area contributed by atoms with Crippen molar-refractivity contribution in [2.75, 3.05) is 0 Å². The van der Waals surface area contributed by atoms with Crippen LogP contribution in [0.5, 0.6) is 0 Å². The van der Waals surface area contributed by atoms with E-state index < -0.39 is 53.8 Å². The highest BCUT2D eigenvalue weighted by molar-refractivity contribution is 5.84. The Balaban J connectivity index is 1.73. The van der Waals surface area contributed by atoms with Gasteiger partial charge in [0.05, 0.1) is 5.41 Å². The molecule has 7 heteroatoms. The van der Waals surface area contributed by atoms with Gasteiger partial charge in [-0.25, -0.2) is 4.79 Å². The van der Waals surface area contributed by atoms with E-state index in [2.05, 4.69) is 0 Å².